The van der Waals surface area contributed by atoms with Gasteiger partial charge in [0, 0.05) is 17.6 Å². The third-order valence-corrected chi connectivity index (χ3v) is 3.65. The van der Waals surface area contributed by atoms with Crippen LogP contribution in [-0.4, -0.2) is 17.0 Å². The number of thioether (sulfide) groups is 1. The van der Waals surface area contributed by atoms with Gasteiger partial charge >= 0.3 is 0 Å². The highest BCUT2D eigenvalue weighted by molar-refractivity contribution is 7.99. The van der Waals surface area contributed by atoms with E-state index in [1.807, 2.05) is 13.0 Å². The molecule has 0 fully saturated rings. The fourth-order valence-corrected chi connectivity index (χ4v) is 2.34. The number of hydrogen-bond acceptors (Lipinski definition) is 2. The van der Waals surface area contributed by atoms with Gasteiger partial charge in [-0.2, -0.15) is 11.8 Å². The van der Waals surface area contributed by atoms with Crippen LogP contribution in [0.4, 0.5) is 4.39 Å². The van der Waals surface area contributed by atoms with Crippen molar-refractivity contribution in [1.82, 2.24) is 0 Å². The van der Waals surface area contributed by atoms with E-state index in [0.29, 0.717) is 5.25 Å². The lowest BCUT2D eigenvalue weighted by atomic mass is 10.1. The van der Waals surface area contributed by atoms with Gasteiger partial charge in [-0.05, 0) is 36.6 Å². The average molecular weight is 228 g/mol. The molecule has 0 amide bonds. The van der Waals surface area contributed by atoms with E-state index in [4.69, 9.17) is 5.11 Å². The maximum Gasteiger partial charge on any atom is 0.123 e. The Morgan fingerprint density at radius 3 is 2.87 bits per heavy atom. The zero-order valence-corrected chi connectivity index (χ0v) is 9.98. The summed E-state index contributed by atoms with van der Waals surface area (Å²) in [6.45, 7) is 4.29. The Morgan fingerprint density at radius 2 is 2.20 bits per heavy atom. The molecule has 1 aromatic rings. The van der Waals surface area contributed by atoms with Crippen LogP contribution in [0.3, 0.4) is 0 Å². The first-order chi connectivity index (χ1) is 7.13. The molecule has 0 aliphatic heterocycles. The molecule has 1 atom stereocenters. The summed E-state index contributed by atoms with van der Waals surface area (Å²) in [4.78, 5) is 0. The van der Waals surface area contributed by atoms with Crippen molar-refractivity contribution in [3.05, 3.63) is 35.1 Å². The van der Waals surface area contributed by atoms with Crippen molar-refractivity contribution in [2.24, 2.45) is 0 Å². The van der Waals surface area contributed by atoms with Gasteiger partial charge in [0.25, 0.3) is 0 Å². The second kappa shape index (κ2) is 6.13. The van der Waals surface area contributed by atoms with Crippen molar-refractivity contribution in [1.29, 1.82) is 0 Å². The lowest BCUT2D eigenvalue weighted by Gasteiger charge is -2.10. The number of aliphatic hydroxyl groups is 1. The average Bonchev–Trinajstić information content (AvgIpc) is 2.20. The van der Waals surface area contributed by atoms with Crippen molar-refractivity contribution >= 4 is 11.8 Å². The Kier molecular flexibility index (Phi) is 5.12. The van der Waals surface area contributed by atoms with Crippen LogP contribution in [0, 0.1) is 12.7 Å². The van der Waals surface area contributed by atoms with Crippen LogP contribution in [0.15, 0.2) is 18.2 Å². The third kappa shape index (κ3) is 4.22. The smallest absolute Gasteiger partial charge is 0.123 e. The highest BCUT2D eigenvalue weighted by Gasteiger charge is 2.05. The first-order valence-corrected chi connectivity index (χ1v) is 6.16. The van der Waals surface area contributed by atoms with Crippen molar-refractivity contribution in [3.63, 3.8) is 0 Å². The van der Waals surface area contributed by atoms with Gasteiger partial charge in [-0.15, -0.1) is 0 Å². The largest absolute Gasteiger partial charge is 0.396 e. The molecule has 1 aromatic carbocycles. The van der Waals surface area contributed by atoms with Gasteiger partial charge in [0.2, 0.25) is 0 Å². The second-order valence-electron chi connectivity index (χ2n) is 3.70. The molecule has 0 saturated heterocycles. The molecule has 84 valence electrons. The van der Waals surface area contributed by atoms with Gasteiger partial charge < -0.3 is 5.11 Å². The molecule has 0 aliphatic rings. The fourth-order valence-electron chi connectivity index (χ4n) is 1.29. The quantitative estimate of drug-likeness (QED) is 0.835. The molecule has 0 aliphatic carbocycles. The van der Waals surface area contributed by atoms with Crippen molar-refractivity contribution in [3.8, 4) is 0 Å². The van der Waals surface area contributed by atoms with Crippen LogP contribution in [0.1, 0.15) is 24.5 Å². The van der Waals surface area contributed by atoms with Crippen LogP contribution < -0.4 is 0 Å². The van der Waals surface area contributed by atoms with Gasteiger partial charge in [-0.25, -0.2) is 4.39 Å². The zero-order chi connectivity index (χ0) is 11.3. The summed E-state index contributed by atoms with van der Waals surface area (Å²) in [6.07, 6.45) is 0.791. The third-order valence-electron chi connectivity index (χ3n) is 2.37. The molecule has 0 saturated carbocycles. The Morgan fingerprint density at radius 1 is 1.47 bits per heavy atom. The predicted octanol–water partition coefficient (Wildman–Crippen LogP) is 3.14. The minimum atomic E-state index is -0.175. The Balaban J connectivity index is 2.53. The van der Waals surface area contributed by atoms with Crippen LogP contribution in [0.25, 0.3) is 0 Å². The number of rotatable bonds is 5. The number of benzene rings is 1. The maximum atomic E-state index is 13.0. The lowest BCUT2D eigenvalue weighted by molar-refractivity contribution is 0.289. The molecule has 0 radical (unpaired) electrons. The highest BCUT2D eigenvalue weighted by atomic mass is 32.2. The second-order valence-corrected chi connectivity index (χ2v) is 5.13. The molecule has 0 bridgehead atoms. The molecule has 1 N–H and O–H groups in total. The van der Waals surface area contributed by atoms with Gasteiger partial charge in [0.15, 0.2) is 0 Å². The molecule has 0 heterocycles. The summed E-state index contributed by atoms with van der Waals surface area (Å²) in [5.41, 5.74) is 2.17. The molecule has 15 heavy (non-hydrogen) atoms. The van der Waals surface area contributed by atoms with Crippen molar-refractivity contribution in [2.45, 2.75) is 31.3 Å². The van der Waals surface area contributed by atoms with Crippen LogP contribution in [0.2, 0.25) is 0 Å². The maximum absolute atomic E-state index is 13.0. The first-order valence-electron chi connectivity index (χ1n) is 5.11. The standard InChI is InChI=1S/C12H17FOS/c1-9-3-4-12(13)7-11(9)8-15-10(2)5-6-14/h3-4,7,10,14H,5-6,8H2,1-2H3. The molecule has 3 heteroatoms. The zero-order valence-electron chi connectivity index (χ0n) is 9.16. The van der Waals surface area contributed by atoms with E-state index in [2.05, 4.69) is 6.92 Å². The number of halogens is 1. The molecule has 1 rings (SSSR count). The monoisotopic (exact) mass is 228 g/mol. The summed E-state index contributed by atoms with van der Waals surface area (Å²) in [6, 6.07) is 4.89. The van der Waals surface area contributed by atoms with E-state index in [1.54, 1.807) is 17.8 Å². The number of hydrogen-bond donors (Lipinski definition) is 1. The Bertz CT molecular complexity index is 314. The first kappa shape index (κ1) is 12.5. The summed E-state index contributed by atoms with van der Waals surface area (Å²) < 4.78 is 13.0. The number of aliphatic hydroxyl groups excluding tert-OH is 1. The van der Waals surface area contributed by atoms with E-state index in [-0.39, 0.29) is 12.4 Å². The predicted molar refractivity (Wildman–Crippen MR) is 63.6 cm³/mol. The summed E-state index contributed by atoms with van der Waals surface area (Å²) >= 11 is 1.75. The highest BCUT2D eigenvalue weighted by Crippen LogP contribution is 2.22. The van der Waals surface area contributed by atoms with Gasteiger partial charge in [-0.3, -0.25) is 0 Å². The molecular formula is C12H17FOS. The molecule has 0 aromatic heterocycles. The van der Waals surface area contributed by atoms with Gasteiger partial charge in [-0.1, -0.05) is 13.0 Å². The van der Waals surface area contributed by atoms with Crippen molar-refractivity contribution < 1.29 is 9.50 Å². The molecule has 1 nitrogen and oxygen atoms in total. The van der Waals surface area contributed by atoms with Crippen LogP contribution in [0.5, 0.6) is 0 Å². The van der Waals surface area contributed by atoms with Crippen LogP contribution >= 0.6 is 11.8 Å². The summed E-state index contributed by atoms with van der Waals surface area (Å²) in [5.74, 6) is 0.635. The lowest BCUT2D eigenvalue weighted by Crippen LogP contribution is -2.00. The Hall–Kier alpha value is -0.540. The van der Waals surface area contributed by atoms with Gasteiger partial charge in [0.1, 0.15) is 5.82 Å². The van der Waals surface area contributed by atoms with E-state index in [9.17, 15) is 4.39 Å². The minimum Gasteiger partial charge on any atom is -0.396 e. The number of aryl methyl sites for hydroxylation is 1. The van der Waals surface area contributed by atoms with Gasteiger partial charge in [0.05, 0.1) is 0 Å². The van der Waals surface area contributed by atoms with E-state index < -0.39 is 0 Å². The van der Waals surface area contributed by atoms with Crippen LogP contribution in [-0.2, 0) is 5.75 Å². The summed E-state index contributed by atoms with van der Waals surface area (Å²) in [7, 11) is 0. The molecule has 1 unspecified atom stereocenters. The Labute approximate surface area is 94.7 Å². The molecular weight excluding hydrogens is 211 g/mol. The van der Waals surface area contributed by atoms with Crippen molar-refractivity contribution in [2.75, 3.05) is 6.61 Å². The van der Waals surface area contributed by atoms with E-state index in [0.717, 1.165) is 23.3 Å². The van der Waals surface area contributed by atoms with E-state index in [1.165, 1.54) is 6.07 Å². The normalized spacial score (nSPS) is 12.8. The topological polar surface area (TPSA) is 20.2 Å². The summed E-state index contributed by atoms with van der Waals surface area (Å²) in [5, 5.41) is 9.17. The van der Waals surface area contributed by atoms with E-state index >= 15 is 0 Å². The molecule has 0 spiro atoms. The SMILES string of the molecule is Cc1ccc(F)cc1CSC(C)CCO. The fraction of sp³-hybridized carbons (Fsp3) is 0.500. The minimum absolute atomic E-state index is 0.175.